The van der Waals surface area contributed by atoms with E-state index in [4.69, 9.17) is 10.2 Å². The zero-order valence-electron chi connectivity index (χ0n) is 11.7. The highest BCUT2D eigenvalue weighted by Crippen LogP contribution is 2.31. The molecule has 21 heavy (non-hydrogen) atoms. The number of thiophene rings is 1. The average molecular weight is 300 g/mol. The smallest absolute Gasteiger partial charge is 0.199 e. The molecule has 0 aliphatic heterocycles. The number of nitrogen functional groups attached to an aromatic ring is 1. The van der Waals surface area contributed by atoms with Crippen molar-refractivity contribution in [2.75, 3.05) is 5.73 Å². The van der Waals surface area contributed by atoms with Crippen molar-refractivity contribution in [2.24, 2.45) is 0 Å². The molecule has 0 atom stereocenters. The van der Waals surface area contributed by atoms with Crippen LogP contribution in [0.4, 0.5) is 5.82 Å². The molecule has 1 fully saturated rings. The molecule has 3 N–H and O–H groups in total. The van der Waals surface area contributed by atoms with Gasteiger partial charge in [-0.1, -0.05) is 0 Å². The Labute approximate surface area is 126 Å². The van der Waals surface area contributed by atoms with Crippen LogP contribution in [0.3, 0.4) is 0 Å². The quantitative estimate of drug-likeness (QED) is 0.774. The second kappa shape index (κ2) is 4.82. The molecule has 0 radical (unpaired) electrons. The number of aryl methyl sites for hydroxylation is 1. The minimum atomic E-state index is 0.512. The predicted molar refractivity (Wildman–Crippen MR) is 84.1 cm³/mol. The standard InChI is InChI=1S/C15H16N4OS/c1-8-2-5-12(20-8)14-18-13(16)11-6-10(21-15(11)19-14)7-17-9-3-4-9/h2,5-6,9,17H,3-4,7H2,1H3,(H2,16,18,19). The Morgan fingerprint density at radius 3 is 2.95 bits per heavy atom. The summed E-state index contributed by atoms with van der Waals surface area (Å²) in [4.78, 5) is 11.1. The molecular formula is C15H16N4OS. The number of furan rings is 1. The molecule has 0 spiro atoms. The summed E-state index contributed by atoms with van der Waals surface area (Å²) in [5, 5.41) is 4.44. The largest absolute Gasteiger partial charge is 0.458 e. The molecule has 4 rings (SSSR count). The van der Waals surface area contributed by atoms with Crippen LogP contribution in [0, 0.1) is 6.92 Å². The molecule has 0 bridgehead atoms. The molecule has 5 nitrogen and oxygen atoms in total. The van der Waals surface area contributed by atoms with Crippen LogP contribution < -0.4 is 11.1 Å². The van der Waals surface area contributed by atoms with E-state index in [1.165, 1.54) is 17.7 Å². The Morgan fingerprint density at radius 2 is 2.24 bits per heavy atom. The van der Waals surface area contributed by atoms with Crippen molar-refractivity contribution >= 4 is 27.4 Å². The van der Waals surface area contributed by atoms with Gasteiger partial charge in [0, 0.05) is 17.5 Å². The molecule has 1 aliphatic carbocycles. The van der Waals surface area contributed by atoms with Gasteiger partial charge in [-0.2, -0.15) is 0 Å². The molecule has 1 aliphatic rings. The van der Waals surface area contributed by atoms with Crippen LogP contribution in [-0.4, -0.2) is 16.0 Å². The van der Waals surface area contributed by atoms with Crippen LogP contribution in [0.2, 0.25) is 0 Å². The van der Waals surface area contributed by atoms with Gasteiger partial charge < -0.3 is 15.5 Å². The molecular weight excluding hydrogens is 284 g/mol. The lowest BCUT2D eigenvalue weighted by Crippen LogP contribution is -2.14. The van der Waals surface area contributed by atoms with Crippen molar-refractivity contribution in [3.05, 3.63) is 28.8 Å². The van der Waals surface area contributed by atoms with E-state index in [-0.39, 0.29) is 0 Å². The third-order valence-electron chi connectivity index (χ3n) is 3.58. The molecule has 3 aromatic rings. The normalized spacial score (nSPS) is 14.9. The summed E-state index contributed by atoms with van der Waals surface area (Å²) in [6, 6.07) is 6.56. The average Bonchev–Trinajstić information content (AvgIpc) is 3.03. The fourth-order valence-corrected chi connectivity index (χ4v) is 3.26. The van der Waals surface area contributed by atoms with E-state index in [1.54, 1.807) is 11.3 Å². The Kier molecular flexibility index (Phi) is 2.94. The van der Waals surface area contributed by atoms with E-state index in [0.29, 0.717) is 23.4 Å². The molecule has 0 saturated heterocycles. The zero-order valence-corrected chi connectivity index (χ0v) is 12.5. The summed E-state index contributed by atoms with van der Waals surface area (Å²) in [5.41, 5.74) is 6.08. The molecule has 6 heteroatoms. The second-order valence-electron chi connectivity index (χ2n) is 5.43. The monoisotopic (exact) mass is 300 g/mol. The minimum Gasteiger partial charge on any atom is -0.458 e. The highest BCUT2D eigenvalue weighted by atomic mass is 32.1. The Bertz CT molecular complexity index is 803. The van der Waals surface area contributed by atoms with Gasteiger partial charge in [0.2, 0.25) is 0 Å². The van der Waals surface area contributed by atoms with Crippen LogP contribution >= 0.6 is 11.3 Å². The van der Waals surface area contributed by atoms with E-state index in [2.05, 4.69) is 21.4 Å². The van der Waals surface area contributed by atoms with E-state index in [0.717, 1.165) is 22.5 Å². The second-order valence-corrected chi connectivity index (χ2v) is 6.54. The van der Waals surface area contributed by atoms with Crippen molar-refractivity contribution in [1.29, 1.82) is 0 Å². The fourth-order valence-electron chi connectivity index (χ4n) is 2.28. The van der Waals surface area contributed by atoms with Crippen molar-refractivity contribution in [2.45, 2.75) is 32.4 Å². The number of nitrogens with two attached hydrogens (primary N) is 1. The number of aromatic nitrogens is 2. The number of nitrogens with one attached hydrogen (secondary N) is 1. The number of anilines is 1. The van der Waals surface area contributed by atoms with Crippen molar-refractivity contribution < 1.29 is 4.42 Å². The van der Waals surface area contributed by atoms with Crippen LogP contribution in [-0.2, 0) is 6.54 Å². The summed E-state index contributed by atoms with van der Waals surface area (Å²) in [5.74, 6) is 2.56. The van der Waals surface area contributed by atoms with Crippen LogP contribution in [0.5, 0.6) is 0 Å². The lowest BCUT2D eigenvalue weighted by molar-refractivity contribution is 0.544. The first-order chi connectivity index (χ1) is 10.2. The fraction of sp³-hybridized carbons (Fsp3) is 0.333. The van der Waals surface area contributed by atoms with E-state index in [1.807, 2.05) is 19.1 Å². The number of hydrogen-bond acceptors (Lipinski definition) is 6. The third kappa shape index (κ3) is 2.52. The maximum Gasteiger partial charge on any atom is 0.199 e. The number of fused-ring (bicyclic) bond motifs is 1. The topological polar surface area (TPSA) is 77.0 Å². The maximum atomic E-state index is 6.08. The molecule has 3 aromatic heterocycles. The number of nitrogens with zero attached hydrogens (tertiary/aromatic N) is 2. The molecule has 1 saturated carbocycles. The van der Waals surface area contributed by atoms with Crippen LogP contribution in [0.1, 0.15) is 23.5 Å². The summed E-state index contributed by atoms with van der Waals surface area (Å²) in [6.45, 7) is 2.78. The van der Waals surface area contributed by atoms with Gasteiger partial charge in [-0.05, 0) is 38.0 Å². The summed E-state index contributed by atoms with van der Waals surface area (Å²) >= 11 is 1.66. The first-order valence-corrected chi connectivity index (χ1v) is 7.87. The van der Waals surface area contributed by atoms with Crippen molar-refractivity contribution in [1.82, 2.24) is 15.3 Å². The van der Waals surface area contributed by atoms with E-state index < -0.39 is 0 Å². The predicted octanol–water partition coefficient (Wildman–Crippen LogP) is 3.09. The molecule has 0 amide bonds. The van der Waals surface area contributed by atoms with Gasteiger partial charge in [0.15, 0.2) is 11.6 Å². The van der Waals surface area contributed by atoms with Gasteiger partial charge in [-0.15, -0.1) is 11.3 Å². The van der Waals surface area contributed by atoms with Crippen LogP contribution in [0.15, 0.2) is 22.6 Å². The third-order valence-corrected chi connectivity index (χ3v) is 4.61. The van der Waals surface area contributed by atoms with Gasteiger partial charge in [-0.3, -0.25) is 0 Å². The Hall–Kier alpha value is -1.92. The maximum absolute atomic E-state index is 6.08. The lowest BCUT2D eigenvalue weighted by Gasteiger charge is -1.99. The number of rotatable bonds is 4. The summed E-state index contributed by atoms with van der Waals surface area (Å²) in [6.07, 6.45) is 2.57. The number of hydrogen-bond donors (Lipinski definition) is 2. The van der Waals surface area contributed by atoms with Gasteiger partial charge in [0.1, 0.15) is 16.4 Å². The highest BCUT2D eigenvalue weighted by molar-refractivity contribution is 7.18. The lowest BCUT2D eigenvalue weighted by atomic mass is 10.3. The van der Waals surface area contributed by atoms with Gasteiger partial charge in [-0.25, -0.2) is 9.97 Å². The minimum absolute atomic E-state index is 0.512. The zero-order chi connectivity index (χ0) is 14.4. The van der Waals surface area contributed by atoms with Crippen LogP contribution in [0.25, 0.3) is 21.8 Å². The molecule has 0 unspecified atom stereocenters. The summed E-state index contributed by atoms with van der Waals surface area (Å²) < 4.78 is 5.58. The van der Waals surface area contributed by atoms with E-state index in [9.17, 15) is 0 Å². The first kappa shape index (κ1) is 12.8. The molecule has 108 valence electrons. The summed E-state index contributed by atoms with van der Waals surface area (Å²) in [7, 11) is 0. The van der Waals surface area contributed by atoms with E-state index >= 15 is 0 Å². The van der Waals surface area contributed by atoms with Crippen molar-refractivity contribution in [3.63, 3.8) is 0 Å². The van der Waals surface area contributed by atoms with Gasteiger partial charge >= 0.3 is 0 Å². The Morgan fingerprint density at radius 1 is 1.38 bits per heavy atom. The Balaban J connectivity index is 1.70. The van der Waals surface area contributed by atoms with Gasteiger partial charge in [0.25, 0.3) is 0 Å². The van der Waals surface area contributed by atoms with Crippen molar-refractivity contribution in [3.8, 4) is 11.6 Å². The molecule has 0 aromatic carbocycles. The van der Waals surface area contributed by atoms with Gasteiger partial charge in [0.05, 0.1) is 5.39 Å². The molecule has 3 heterocycles. The SMILES string of the molecule is Cc1ccc(-c2nc(N)c3cc(CNC4CC4)sc3n2)o1. The highest BCUT2D eigenvalue weighted by Gasteiger charge is 2.20. The first-order valence-electron chi connectivity index (χ1n) is 7.05.